The first-order chi connectivity index (χ1) is 13.5. The van der Waals surface area contributed by atoms with E-state index in [0.29, 0.717) is 22.7 Å². The average molecular weight is 417 g/mol. The van der Waals surface area contributed by atoms with Crippen LogP contribution in [0.5, 0.6) is 5.75 Å². The summed E-state index contributed by atoms with van der Waals surface area (Å²) in [6, 6.07) is 7.81. The van der Waals surface area contributed by atoms with Gasteiger partial charge < -0.3 is 4.74 Å². The Bertz CT molecular complexity index is 951. The second-order valence-electron chi connectivity index (χ2n) is 5.86. The first-order valence-electron chi connectivity index (χ1n) is 8.50. The number of hydrogen-bond donors (Lipinski definition) is 1. The van der Waals surface area contributed by atoms with Gasteiger partial charge in [-0.05, 0) is 26.0 Å². The number of thioether (sulfide) groups is 1. The molecule has 0 saturated carbocycles. The number of rotatable bonds is 9. The van der Waals surface area contributed by atoms with Crippen LogP contribution in [-0.2, 0) is 17.9 Å². The third-order valence-electron chi connectivity index (χ3n) is 3.60. The van der Waals surface area contributed by atoms with Crippen LogP contribution in [0.4, 0.5) is 5.13 Å². The van der Waals surface area contributed by atoms with E-state index in [1.54, 1.807) is 6.08 Å². The van der Waals surface area contributed by atoms with E-state index in [1.807, 2.05) is 42.7 Å². The van der Waals surface area contributed by atoms with Crippen LogP contribution >= 0.6 is 23.1 Å². The van der Waals surface area contributed by atoms with Gasteiger partial charge in [-0.3, -0.25) is 14.7 Å². The van der Waals surface area contributed by atoms with Gasteiger partial charge in [0, 0.05) is 6.54 Å². The molecule has 1 amide bonds. The second-order valence-corrected chi connectivity index (χ2v) is 7.99. The SMILES string of the molecule is C=CCn1c(COc2ccc(C)cc2)nnc1SCC(=O)Nc1nnc(C)s1. The maximum absolute atomic E-state index is 12.1. The van der Waals surface area contributed by atoms with Crippen molar-refractivity contribution in [3.63, 3.8) is 0 Å². The fourth-order valence-electron chi connectivity index (χ4n) is 2.26. The van der Waals surface area contributed by atoms with Gasteiger partial charge in [0.05, 0.1) is 5.75 Å². The molecule has 2 aromatic heterocycles. The lowest BCUT2D eigenvalue weighted by Crippen LogP contribution is -2.15. The van der Waals surface area contributed by atoms with E-state index in [4.69, 9.17) is 4.74 Å². The highest BCUT2D eigenvalue weighted by molar-refractivity contribution is 7.99. The van der Waals surface area contributed by atoms with E-state index in [1.165, 1.54) is 28.7 Å². The molecule has 0 atom stereocenters. The van der Waals surface area contributed by atoms with E-state index in [2.05, 4.69) is 32.3 Å². The molecule has 0 unspecified atom stereocenters. The molecular weight excluding hydrogens is 396 g/mol. The number of carbonyl (C=O) groups is 1. The Morgan fingerprint density at radius 3 is 2.71 bits per heavy atom. The zero-order chi connectivity index (χ0) is 19.9. The number of carbonyl (C=O) groups excluding carboxylic acids is 1. The Morgan fingerprint density at radius 2 is 2.04 bits per heavy atom. The molecule has 1 aromatic carbocycles. The van der Waals surface area contributed by atoms with Crippen molar-refractivity contribution in [1.82, 2.24) is 25.0 Å². The standard InChI is InChI=1S/C18H20N6O2S2/c1-4-9-24-15(10-26-14-7-5-12(2)6-8-14)21-23-18(24)27-11-16(25)19-17-22-20-13(3)28-17/h4-8H,1,9-11H2,2-3H3,(H,19,22,25). The largest absolute Gasteiger partial charge is 0.486 e. The Morgan fingerprint density at radius 1 is 1.25 bits per heavy atom. The first kappa shape index (κ1) is 20.0. The number of nitrogens with zero attached hydrogens (tertiary/aromatic N) is 5. The van der Waals surface area contributed by atoms with Crippen LogP contribution in [0.15, 0.2) is 42.1 Å². The topological polar surface area (TPSA) is 94.8 Å². The van der Waals surface area contributed by atoms with Gasteiger partial charge in [-0.1, -0.05) is 46.9 Å². The fourth-order valence-corrected chi connectivity index (χ4v) is 3.63. The highest BCUT2D eigenvalue weighted by Crippen LogP contribution is 2.20. The zero-order valence-electron chi connectivity index (χ0n) is 15.6. The van der Waals surface area contributed by atoms with Crippen molar-refractivity contribution in [1.29, 1.82) is 0 Å². The molecule has 10 heteroatoms. The molecule has 146 valence electrons. The summed E-state index contributed by atoms with van der Waals surface area (Å²) >= 11 is 2.63. The Labute approximate surface area is 171 Å². The van der Waals surface area contributed by atoms with Crippen molar-refractivity contribution < 1.29 is 9.53 Å². The molecule has 0 radical (unpaired) electrons. The fraction of sp³-hybridized carbons (Fsp3) is 0.278. The van der Waals surface area contributed by atoms with E-state index < -0.39 is 0 Å². The normalized spacial score (nSPS) is 10.6. The summed E-state index contributed by atoms with van der Waals surface area (Å²) in [6.45, 7) is 8.44. The van der Waals surface area contributed by atoms with E-state index >= 15 is 0 Å². The molecule has 0 aliphatic carbocycles. The van der Waals surface area contributed by atoms with Gasteiger partial charge in [-0.2, -0.15) is 0 Å². The first-order valence-corrected chi connectivity index (χ1v) is 10.3. The number of hydrogen-bond acceptors (Lipinski definition) is 8. The maximum Gasteiger partial charge on any atom is 0.236 e. The van der Waals surface area contributed by atoms with Crippen molar-refractivity contribution in [2.45, 2.75) is 32.2 Å². The molecular formula is C18H20N6O2S2. The number of benzene rings is 1. The minimum absolute atomic E-state index is 0.174. The summed E-state index contributed by atoms with van der Waals surface area (Å²) in [6.07, 6.45) is 1.76. The number of amides is 1. The van der Waals surface area contributed by atoms with Crippen LogP contribution in [-0.4, -0.2) is 36.6 Å². The van der Waals surface area contributed by atoms with Crippen LogP contribution < -0.4 is 10.1 Å². The molecule has 0 saturated heterocycles. The quantitative estimate of drug-likeness (QED) is 0.423. The highest BCUT2D eigenvalue weighted by Gasteiger charge is 2.15. The van der Waals surface area contributed by atoms with Crippen LogP contribution in [0.2, 0.25) is 0 Å². The monoisotopic (exact) mass is 416 g/mol. The second kappa shape index (κ2) is 9.47. The van der Waals surface area contributed by atoms with E-state index in [9.17, 15) is 4.79 Å². The lowest BCUT2D eigenvalue weighted by Gasteiger charge is -2.09. The molecule has 8 nitrogen and oxygen atoms in total. The third-order valence-corrected chi connectivity index (χ3v) is 5.32. The number of nitrogens with one attached hydrogen (secondary N) is 1. The van der Waals surface area contributed by atoms with Crippen LogP contribution in [0.3, 0.4) is 0 Å². The number of aryl methyl sites for hydroxylation is 2. The summed E-state index contributed by atoms with van der Waals surface area (Å²) in [7, 11) is 0. The lowest BCUT2D eigenvalue weighted by atomic mass is 10.2. The zero-order valence-corrected chi connectivity index (χ0v) is 17.2. The van der Waals surface area contributed by atoms with Crippen molar-refractivity contribution >= 4 is 34.1 Å². The number of anilines is 1. The summed E-state index contributed by atoms with van der Waals surface area (Å²) in [4.78, 5) is 12.1. The third kappa shape index (κ3) is 5.40. The Kier molecular flexibility index (Phi) is 6.77. The van der Waals surface area contributed by atoms with Gasteiger partial charge in [-0.15, -0.1) is 27.0 Å². The van der Waals surface area contributed by atoms with E-state index in [-0.39, 0.29) is 18.3 Å². The molecule has 0 aliphatic rings. The Balaban J connectivity index is 1.60. The van der Waals surface area contributed by atoms with Crippen molar-refractivity contribution in [3.8, 4) is 5.75 Å². The molecule has 0 fully saturated rings. The van der Waals surface area contributed by atoms with Crippen LogP contribution in [0, 0.1) is 13.8 Å². The molecule has 1 N–H and O–H groups in total. The van der Waals surface area contributed by atoms with Gasteiger partial charge in [-0.25, -0.2) is 0 Å². The molecule has 0 spiro atoms. The lowest BCUT2D eigenvalue weighted by molar-refractivity contribution is -0.113. The molecule has 3 rings (SSSR count). The van der Waals surface area contributed by atoms with Gasteiger partial charge in [0.1, 0.15) is 17.4 Å². The molecule has 0 aliphatic heterocycles. The minimum Gasteiger partial charge on any atom is -0.486 e. The number of allylic oxidation sites excluding steroid dienone is 1. The summed E-state index contributed by atoms with van der Waals surface area (Å²) in [5.74, 6) is 1.45. The predicted molar refractivity (Wildman–Crippen MR) is 110 cm³/mol. The van der Waals surface area contributed by atoms with E-state index in [0.717, 1.165) is 10.8 Å². The van der Waals surface area contributed by atoms with Gasteiger partial charge in [0.25, 0.3) is 0 Å². The van der Waals surface area contributed by atoms with Crippen molar-refractivity contribution in [2.75, 3.05) is 11.1 Å². The highest BCUT2D eigenvalue weighted by atomic mass is 32.2. The van der Waals surface area contributed by atoms with Crippen molar-refractivity contribution in [3.05, 3.63) is 53.3 Å². The summed E-state index contributed by atoms with van der Waals surface area (Å²) in [5, 5.41) is 20.8. The summed E-state index contributed by atoms with van der Waals surface area (Å²) in [5.41, 5.74) is 1.17. The van der Waals surface area contributed by atoms with Crippen LogP contribution in [0.1, 0.15) is 16.4 Å². The average Bonchev–Trinajstić information content (AvgIpc) is 3.26. The minimum atomic E-state index is -0.174. The van der Waals surface area contributed by atoms with Crippen molar-refractivity contribution in [2.24, 2.45) is 0 Å². The molecule has 3 aromatic rings. The van der Waals surface area contributed by atoms with Gasteiger partial charge >= 0.3 is 0 Å². The molecule has 2 heterocycles. The smallest absolute Gasteiger partial charge is 0.236 e. The van der Waals surface area contributed by atoms with Gasteiger partial charge in [0.2, 0.25) is 11.0 Å². The maximum atomic E-state index is 12.1. The van der Waals surface area contributed by atoms with Crippen LogP contribution in [0.25, 0.3) is 0 Å². The summed E-state index contributed by atoms with van der Waals surface area (Å²) < 4.78 is 7.68. The Hall–Kier alpha value is -2.72. The molecule has 0 bridgehead atoms. The predicted octanol–water partition coefficient (Wildman–Crippen LogP) is 3.24. The molecule has 28 heavy (non-hydrogen) atoms. The number of aromatic nitrogens is 5. The van der Waals surface area contributed by atoms with Gasteiger partial charge in [0.15, 0.2) is 11.0 Å². The number of ether oxygens (including phenoxy) is 1.